The highest BCUT2D eigenvalue weighted by Gasteiger charge is 2.24. The van der Waals surface area contributed by atoms with E-state index in [1.54, 1.807) is 31.2 Å². The summed E-state index contributed by atoms with van der Waals surface area (Å²) in [6.07, 6.45) is 1.41. The number of benzene rings is 2. The quantitative estimate of drug-likeness (QED) is 0.458. The first-order chi connectivity index (χ1) is 15.5. The van der Waals surface area contributed by atoms with Gasteiger partial charge in [-0.15, -0.1) is 5.10 Å². The van der Waals surface area contributed by atoms with Crippen molar-refractivity contribution in [3.63, 3.8) is 0 Å². The number of aromatic amines is 1. The van der Waals surface area contributed by atoms with Crippen LogP contribution in [0, 0.1) is 0 Å². The fourth-order valence-electron chi connectivity index (χ4n) is 3.38. The summed E-state index contributed by atoms with van der Waals surface area (Å²) in [6.45, 7) is 2.02. The van der Waals surface area contributed by atoms with Crippen LogP contribution in [0.4, 0.5) is 11.5 Å². The van der Waals surface area contributed by atoms with Crippen molar-refractivity contribution in [2.24, 2.45) is 0 Å². The Labute approximate surface area is 181 Å². The number of carbonyl (C=O) groups is 1. The maximum atomic E-state index is 13.3. The maximum Gasteiger partial charge on any atom is 0.330 e. The molecule has 0 spiro atoms. The lowest BCUT2D eigenvalue weighted by Crippen LogP contribution is -2.41. The van der Waals surface area contributed by atoms with Crippen molar-refractivity contribution in [3.05, 3.63) is 92.9 Å². The molecule has 1 amide bonds. The minimum Gasteiger partial charge on any atom is -0.383 e. The Morgan fingerprint density at radius 2 is 1.91 bits per heavy atom. The highest BCUT2D eigenvalue weighted by molar-refractivity contribution is 6.07. The third-order valence-corrected chi connectivity index (χ3v) is 4.94. The number of tetrazole rings is 1. The predicted molar refractivity (Wildman–Crippen MR) is 118 cm³/mol. The van der Waals surface area contributed by atoms with E-state index in [1.807, 2.05) is 30.3 Å². The molecule has 0 atom stereocenters. The monoisotopic (exact) mass is 432 g/mol. The van der Waals surface area contributed by atoms with Crippen LogP contribution in [0.3, 0.4) is 0 Å². The maximum absolute atomic E-state index is 13.3. The van der Waals surface area contributed by atoms with Gasteiger partial charge < -0.3 is 10.6 Å². The van der Waals surface area contributed by atoms with E-state index in [2.05, 4.69) is 20.5 Å². The van der Waals surface area contributed by atoms with E-state index < -0.39 is 17.2 Å². The van der Waals surface area contributed by atoms with Crippen molar-refractivity contribution in [1.82, 2.24) is 29.8 Å². The van der Waals surface area contributed by atoms with Crippen molar-refractivity contribution >= 4 is 17.4 Å². The number of hydrogen-bond donors (Lipinski definition) is 2. The molecule has 11 nitrogen and oxygen atoms in total. The van der Waals surface area contributed by atoms with Gasteiger partial charge in [-0.2, -0.15) is 0 Å². The number of nitrogen functional groups attached to an aromatic ring is 1. The summed E-state index contributed by atoms with van der Waals surface area (Å²) < 4.78 is 2.65. The molecule has 0 bridgehead atoms. The second-order valence-corrected chi connectivity index (χ2v) is 6.92. The number of H-pyrrole nitrogens is 1. The standard InChI is InChI=1S/C21H20N8O3/c1-2-27(20(31)15-9-6-10-16(11-15)29-13-23-25-26-29)17-18(22)28(21(32)24-19(17)30)12-14-7-4-3-5-8-14/h3-11,13H,2,12,22H2,1H3,(H,24,30,32). The van der Waals surface area contributed by atoms with E-state index in [1.165, 1.54) is 20.5 Å². The molecule has 4 rings (SSSR count). The van der Waals surface area contributed by atoms with Crippen LogP contribution in [0.2, 0.25) is 0 Å². The molecule has 4 aromatic rings. The van der Waals surface area contributed by atoms with Crippen LogP contribution in [0.5, 0.6) is 0 Å². The number of aromatic nitrogens is 6. The normalized spacial score (nSPS) is 10.8. The average Bonchev–Trinajstić information content (AvgIpc) is 3.35. The second kappa shape index (κ2) is 8.68. The fraction of sp³-hybridized carbons (Fsp3) is 0.143. The molecular formula is C21H20N8O3. The van der Waals surface area contributed by atoms with Crippen LogP contribution < -0.4 is 21.9 Å². The number of nitrogens with one attached hydrogen (secondary N) is 1. The van der Waals surface area contributed by atoms with Gasteiger partial charge in [-0.3, -0.25) is 19.1 Å². The molecule has 0 unspecified atom stereocenters. The smallest absolute Gasteiger partial charge is 0.330 e. The molecule has 0 radical (unpaired) electrons. The van der Waals surface area contributed by atoms with Crippen molar-refractivity contribution in [2.75, 3.05) is 17.2 Å². The molecule has 2 aromatic carbocycles. The summed E-state index contributed by atoms with van der Waals surface area (Å²) in [5.74, 6) is -0.543. The van der Waals surface area contributed by atoms with E-state index >= 15 is 0 Å². The summed E-state index contributed by atoms with van der Waals surface area (Å²) in [4.78, 5) is 42.0. The summed E-state index contributed by atoms with van der Waals surface area (Å²) >= 11 is 0. The molecule has 162 valence electrons. The molecule has 32 heavy (non-hydrogen) atoms. The molecule has 0 saturated carbocycles. The molecule has 2 heterocycles. The highest BCUT2D eigenvalue weighted by atomic mass is 16.2. The largest absolute Gasteiger partial charge is 0.383 e. The first-order valence-electron chi connectivity index (χ1n) is 9.81. The van der Waals surface area contributed by atoms with Crippen LogP contribution in [0.25, 0.3) is 5.69 Å². The molecule has 11 heteroatoms. The van der Waals surface area contributed by atoms with Crippen molar-refractivity contribution in [2.45, 2.75) is 13.5 Å². The van der Waals surface area contributed by atoms with Crippen LogP contribution in [-0.4, -0.2) is 42.2 Å². The number of hydrogen-bond acceptors (Lipinski definition) is 7. The molecule has 0 fully saturated rings. The van der Waals surface area contributed by atoms with Crippen LogP contribution in [0.1, 0.15) is 22.8 Å². The van der Waals surface area contributed by atoms with Gasteiger partial charge in [-0.05, 0) is 41.1 Å². The summed E-state index contributed by atoms with van der Waals surface area (Å²) in [6, 6.07) is 15.8. The lowest BCUT2D eigenvalue weighted by atomic mass is 10.1. The lowest BCUT2D eigenvalue weighted by molar-refractivity contribution is 0.0988. The SMILES string of the molecule is CCN(C(=O)c1cccc(-n2cnnn2)c1)c1c(N)n(Cc2ccccc2)c(=O)[nH]c1=O. The molecule has 0 aliphatic rings. The lowest BCUT2D eigenvalue weighted by Gasteiger charge is -2.23. The van der Waals surface area contributed by atoms with E-state index in [0.717, 1.165) is 5.56 Å². The fourth-order valence-corrected chi connectivity index (χ4v) is 3.38. The van der Waals surface area contributed by atoms with Crippen LogP contribution in [0.15, 0.2) is 70.5 Å². The Hall–Kier alpha value is -4.54. The Morgan fingerprint density at radius 3 is 2.59 bits per heavy atom. The third kappa shape index (κ3) is 3.90. The number of nitrogens with two attached hydrogens (primary N) is 1. The molecule has 0 aliphatic carbocycles. The minimum absolute atomic E-state index is 0.0825. The number of anilines is 2. The Balaban J connectivity index is 1.75. The minimum atomic E-state index is -0.733. The summed E-state index contributed by atoms with van der Waals surface area (Å²) in [5, 5.41) is 11.0. The zero-order valence-electron chi connectivity index (χ0n) is 17.2. The number of amides is 1. The second-order valence-electron chi connectivity index (χ2n) is 6.92. The van der Waals surface area contributed by atoms with Crippen LogP contribution in [-0.2, 0) is 6.54 Å². The van der Waals surface area contributed by atoms with Crippen molar-refractivity contribution in [1.29, 1.82) is 0 Å². The number of rotatable bonds is 6. The van der Waals surface area contributed by atoms with Gasteiger partial charge in [-0.25, -0.2) is 9.48 Å². The van der Waals surface area contributed by atoms with E-state index in [0.29, 0.717) is 11.3 Å². The van der Waals surface area contributed by atoms with Gasteiger partial charge in [0, 0.05) is 12.1 Å². The van der Waals surface area contributed by atoms with Gasteiger partial charge in [0.05, 0.1) is 12.2 Å². The topological polar surface area (TPSA) is 145 Å². The van der Waals surface area contributed by atoms with E-state index in [9.17, 15) is 14.4 Å². The van der Waals surface area contributed by atoms with Crippen molar-refractivity contribution in [3.8, 4) is 5.69 Å². The Kier molecular flexibility index (Phi) is 5.62. The zero-order chi connectivity index (χ0) is 22.7. The first kappa shape index (κ1) is 20.7. The van der Waals surface area contributed by atoms with Gasteiger partial charge in [0.2, 0.25) is 0 Å². The third-order valence-electron chi connectivity index (χ3n) is 4.94. The Morgan fingerprint density at radius 1 is 1.12 bits per heavy atom. The Bertz CT molecular complexity index is 1360. The van der Waals surface area contributed by atoms with Gasteiger partial charge >= 0.3 is 5.69 Å². The van der Waals surface area contributed by atoms with Crippen LogP contribution >= 0.6 is 0 Å². The van der Waals surface area contributed by atoms with Gasteiger partial charge in [0.15, 0.2) is 5.69 Å². The predicted octanol–water partition coefficient (Wildman–Crippen LogP) is 0.810. The summed E-state index contributed by atoms with van der Waals surface area (Å²) in [7, 11) is 0. The van der Waals surface area contributed by atoms with Gasteiger partial charge in [0.1, 0.15) is 12.1 Å². The van der Waals surface area contributed by atoms with Gasteiger partial charge in [-0.1, -0.05) is 36.4 Å². The number of nitrogens with zero attached hydrogens (tertiary/aromatic N) is 6. The van der Waals surface area contributed by atoms with E-state index in [4.69, 9.17) is 5.73 Å². The van der Waals surface area contributed by atoms with Gasteiger partial charge in [0.25, 0.3) is 11.5 Å². The first-order valence-corrected chi connectivity index (χ1v) is 9.81. The zero-order valence-corrected chi connectivity index (χ0v) is 17.2. The van der Waals surface area contributed by atoms with E-state index in [-0.39, 0.29) is 24.6 Å². The van der Waals surface area contributed by atoms with Crippen molar-refractivity contribution < 1.29 is 4.79 Å². The molecule has 2 aromatic heterocycles. The molecule has 0 saturated heterocycles. The average molecular weight is 432 g/mol. The number of carbonyl (C=O) groups excluding carboxylic acids is 1. The highest BCUT2D eigenvalue weighted by Crippen LogP contribution is 2.21. The molecule has 0 aliphatic heterocycles. The summed E-state index contributed by atoms with van der Waals surface area (Å²) in [5.41, 5.74) is 6.49. The molecular weight excluding hydrogens is 412 g/mol. The molecule has 3 N–H and O–H groups in total.